The fourth-order valence-electron chi connectivity index (χ4n) is 1.33. The fraction of sp³-hybridized carbons (Fsp3) is 0. The van der Waals surface area contributed by atoms with Crippen molar-refractivity contribution in [3.8, 4) is 17.6 Å². The average molecular weight is 210 g/mol. The molecular formula is C13H10N2O. The van der Waals surface area contributed by atoms with E-state index in [-0.39, 0.29) is 0 Å². The Balaban J connectivity index is 2.24. The highest BCUT2D eigenvalue weighted by molar-refractivity contribution is 5.57. The molecule has 0 heterocycles. The van der Waals surface area contributed by atoms with Crippen LogP contribution in [0.25, 0.3) is 0 Å². The lowest BCUT2D eigenvalue weighted by molar-refractivity contribution is 0.483. The molecule has 0 aliphatic rings. The van der Waals surface area contributed by atoms with E-state index >= 15 is 0 Å². The summed E-state index contributed by atoms with van der Waals surface area (Å²) >= 11 is 0. The maximum Gasteiger partial charge on any atom is 0.129 e. The summed E-state index contributed by atoms with van der Waals surface area (Å²) in [6.07, 6.45) is 0. The molecule has 78 valence electrons. The number of hydrogen-bond donors (Lipinski definition) is 1. The summed E-state index contributed by atoms with van der Waals surface area (Å²) in [5.74, 6) is 1.37. The molecule has 3 heteroatoms. The number of benzene rings is 2. The number of nitrogens with zero attached hydrogens (tertiary/aromatic N) is 1. The zero-order valence-corrected chi connectivity index (χ0v) is 8.55. The summed E-state index contributed by atoms with van der Waals surface area (Å²) in [6.45, 7) is 0. The van der Waals surface area contributed by atoms with Gasteiger partial charge in [0.1, 0.15) is 17.6 Å². The van der Waals surface area contributed by atoms with Crippen molar-refractivity contribution < 1.29 is 4.74 Å². The van der Waals surface area contributed by atoms with Crippen LogP contribution in [0.3, 0.4) is 0 Å². The zero-order chi connectivity index (χ0) is 11.4. The molecule has 0 saturated heterocycles. The van der Waals surface area contributed by atoms with Crippen molar-refractivity contribution in [1.82, 2.24) is 0 Å². The molecule has 3 nitrogen and oxygen atoms in total. The molecule has 2 rings (SSSR count). The predicted molar refractivity (Wildman–Crippen MR) is 62.1 cm³/mol. The number of para-hydroxylation sites is 1. The van der Waals surface area contributed by atoms with E-state index < -0.39 is 0 Å². The number of rotatable bonds is 2. The van der Waals surface area contributed by atoms with Crippen molar-refractivity contribution in [2.75, 3.05) is 5.73 Å². The SMILES string of the molecule is N#Cc1ccc(Oc2ccccc2)cc1N. The normalized spacial score (nSPS) is 9.44. The Bertz CT molecular complexity index is 529. The molecule has 0 unspecified atom stereocenters. The minimum absolute atomic E-state index is 0.427. The first-order valence-corrected chi connectivity index (χ1v) is 4.82. The molecule has 0 aromatic heterocycles. The largest absolute Gasteiger partial charge is 0.457 e. The predicted octanol–water partition coefficient (Wildman–Crippen LogP) is 2.93. The average Bonchev–Trinajstić information content (AvgIpc) is 2.31. The van der Waals surface area contributed by atoms with Gasteiger partial charge in [0.15, 0.2) is 0 Å². The molecule has 0 atom stereocenters. The molecule has 0 radical (unpaired) electrons. The van der Waals surface area contributed by atoms with Gasteiger partial charge in [0, 0.05) is 6.07 Å². The quantitative estimate of drug-likeness (QED) is 0.775. The van der Waals surface area contributed by atoms with E-state index in [1.165, 1.54) is 0 Å². The van der Waals surface area contributed by atoms with Crippen LogP contribution < -0.4 is 10.5 Å². The first-order valence-electron chi connectivity index (χ1n) is 4.82. The molecule has 0 aliphatic heterocycles. The Morgan fingerprint density at radius 3 is 2.38 bits per heavy atom. The van der Waals surface area contributed by atoms with E-state index in [1.54, 1.807) is 18.2 Å². The number of hydrogen-bond acceptors (Lipinski definition) is 3. The van der Waals surface area contributed by atoms with Crippen molar-refractivity contribution in [2.45, 2.75) is 0 Å². The standard InChI is InChI=1S/C13H10N2O/c14-9-10-6-7-12(8-13(10)15)16-11-4-2-1-3-5-11/h1-8H,15H2. The van der Waals surface area contributed by atoms with Gasteiger partial charge in [-0.3, -0.25) is 0 Å². The van der Waals surface area contributed by atoms with Gasteiger partial charge in [0.2, 0.25) is 0 Å². The number of nitriles is 1. The molecule has 0 bridgehead atoms. The monoisotopic (exact) mass is 210 g/mol. The van der Waals surface area contributed by atoms with E-state index in [2.05, 4.69) is 0 Å². The Kier molecular flexibility index (Phi) is 2.75. The number of ether oxygens (including phenoxy) is 1. The summed E-state index contributed by atoms with van der Waals surface area (Å²) in [4.78, 5) is 0. The first kappa shape index (κ1) is 10.1. The van der Waals surface area contributed by atoms with Crippen molar-refractivity contribution in [1.29, 1.82) is 5.26 Å². The fourth-order valence-corrected chi connectivity index (χ4v) is 1.33. The number of anilines is 1. The topological polar surface area (TPSA) is 59.0 Å². The van der Waals surface area contributed by atoms with Crippen LogP contribution in [0.15, 0.2) is 48.5 Å². The van der Waals surface area contributed by atoms with E-state index in [4.69, 9.17) is 15.7 Å². The van der Waals surface area contributed by atoms with Gasteiger partial charge in [0.25, 0.3) is 0 Å². The van der Waals surface area contributed by atoms with Gasteiger partial charge in [-0.1, -0.05) is 18.2 Å². The lowest BCUT2D eigenvalue weighted by Gasteiger charge is -2.06. The van der Waals surface area contributed by atoms with E-state index in [0.29, 0.717) is 17.0 Å². The first-order chi connectivity index (χ1) is 7.79. The second kappa shape index (κ2) is 4.37. The molecule has 0 amide bonds. The second-order valence-corrected chi connectivity index (χ2v) is 3.28. The smallest absolute Gasteiger partial charge is 0.129 e. The highest BCUT2D eigenvalue weighted by atomic mass is 16.5. The van der Waals surface area contributed by atoms with Crippen molar-refractivity contribution in [3.63, 3.8) is 0 Å². The summed E-state index contributed by atoms with van der Waals surface area (Å²) in [5.41, 5.74) is 6.57. The summed E-state index contributed by atoms with van der Waals surface area (Å²) in [7, 11) is 0. The molecular weight excluding hydrogens is 200 g/mol. The molecule has 0 aliphatic carbocycles. The van der Waals surface area contributed by atoms with Gasteiger partial charge < -0.3 is 10.5 Å². The highest BCUT2D eigenvalue weighted by Gasteiger charge is 2.01. The number of nitrogens with two attached hydrogens (primary N) is 1. The third-order valence-electron chi connectivity index (χ3n) is 2.12. The van der Waals surface area contributed by atoms with Crippen LogP contribution >= 0.6 is 0 Å². The minimum Gasteiger partial charge on any atom is -0.457 e. The molecule has 0 spiro atoms. The van der Waals surface area contributed by atoms with Crippen molar-refractivity contribution in [3.05, 3.63) is 54.1 Å². The van der Waals surface area contributed by atoms with Gasteiger partial charge in [-0.2, -0.15) is 5.26 Å². The summed E-state index contributed by atoms with van der Waals surface area (Å²) in [5, 5.41) is 8.73. The Labute approximate surface area is 93.7 Å². The molecule has 0 fully saturated rings. The molecule has 2 aromatic rings. The Hall–Kier alpha value is -2.47. The summed E-state index contributed by atoms with van der Waals surface area (Å²) < 4.78 is 5.57. The third-order valence-corrected chi connectivity index (χ3v) is 2.12. The Morgan fingerprint density at radius 1 is 1.00 bits per heavy atom. The highest BCUT2D eigenvalue weighted by Crippen LogP contribution is 2.24. The lowest BCUT2D eigenvalue weighted by atomic mass is 10.2. The van der Waals surface area contributed by atoms with Gasteiger partial charge in [-0.25, -0.2) is 0 Å². The molecule has 16 heavy (non-hydrogen) atoms. The summed E-state index contributed by atoms with van der Waals surface area (Å²) in [6, 6.07) is 16.4. The Morgan fingerprint density at radius 2 is 1.75 bits per heavy atom. The van der Waals surface area contributed by atoms with Crippen LogP contribution in [0.2, 0.25) is 0 Å². The van der Waals surface area contributed by atoms with Gasteiger partial charge >= 0.3 is 0 Å². The van der Waals surface area contributed by atoms with Crippen molar-refractivity contribution >= 4 is 5.69 Å². The van der Waals surface area contributed by atoms with Gasteiger partial charge in [-0.05, 0) is 24.3 Å². The maximum atomic E-state index is 8.73. The van der Waals surface area contributed by atoms with E-state index in [1.807, 2.05) is 36.4 Å². The van der Waals surface area contributed by atoms with Crippen LogP contribution in [-0.4, -0.2) is 0 Å². The third kappa shape index (κ3) is 2.12. The molecule has 2 N–H and O–H groups in total. The van der Waals surface area contributed by atoms with Crippen LogP contribution in [0.1, 0.15) is 5.56 Å². The van der Waals surface area contributed by atoms with Gasteiger partial charge in [-0.15, -0.1) is 0 Å². The number of nitrogen functional groups attached to an aromatic ring is 1. The van der Waals surface area contributed by atoms with Crippen LogP contribution in [-0.2, 0) is 0 Å². The van der Waals surface area contributed by atoms with Crippen LogP contribution in [0.5, 0.6) is 11.5 Å². The van der Waals surface area contributed by atoms with E-state index in [9.17, 15) is 0 Å². The van der Waals surface area contributed by atoms with E-state index in [0.717, 1.165) is 5.75 Å². The van der Waals surface area contributed by atoms with Crippen molar-refractivity contribution in [2.24, 2.45) is 0 Å². The lowest BCUT2D eigenvalue weighted by Crippen LogP contribution is -1.91. The zero-order valence-electron chi connectivity index (χ0n) is 8.55. The van der Waals surface area contributed by atoms with Crippen LogP contribution in [0.4, 0.5) is 5.69 Å². The minimum atomic E-state index is 0.427. The van der Waals surface area contributed by atoms with Gasteiger partial charge in [0.05, 0.1) is 11.3 Å². The maximum absolute atomic E-state index is 8.73. The second-order valence-electron chi connectivity index (χ2n) is 3.28. The molecule has 2 aromatic carbocycles. The molecule has 0 saturated carbocycles. The van der Waals surface area contributed by atoms with Crippen LogP contribution in [0, 0.1) is 11.3 Å².